The third kappa shape index (κ3) is 1.87. The van der Waals surface area contributed by atoms with Crippen molar-refractivity contribution in [2.75, 3.05) is 11.4 Å². The molecule has 1 heterocycles. The molecule has 74 valence electrons. The number of amides is 1. The maximum absolute atomic E-state index is 10.8. The molecule has 5 nitrogen and oxygen atoms in total. The SMILES string of the molecule is CCN(C(=O)O)c1ncccc1C=O. The fourth-order valence-electron chi connectivity index (χ4n) is 1.10. The summed E-state index contributed by atoms with van der Waals surface area (Å²) in [5, 5.41) is 8.82. The van der Waals surface area contributed by atoms with Gasteiger partial charge in [-0.3, -0.25) is 9.69 Å². The van der Waals surface area contributed by atoms with E-state index in [4.69, 9.17) is 5.11 Å². The highest BCUT2D eigenvalue weighted by molar-refractivity contribution is 5.92. The summed E-state index contributed by atoms with van der Waals surface area (Å²) in [7, 11) is 0. The summed E-state index contributed by atoms with van der Waals surface area (Å²) >= 11 is 0. The Morgan fingerprint density at radius 1 is 1.71 bits per heavy atom. The number of hydrogen-bond donors (Lipinski definition) is 1. The van der Waals surface area contributed by atoms with Gasteiger partial charge in [-0.1, -0.05) is 0 Å². The molecule has 1 rings (SSSR count). The van der Waals surface area contributed by atoms with E-state index >= 15 is 0 Å². The van der Waals surface area contributed by atoms with Crippen molar-refractivity contribution in [1.82, 2.24) is 4.98 Å². The number of rotatable bonds is 3. The second kappa shape index (κ2) is 4.36. The van der Waals surface area contributed by atoms with Gasteiger partial charge >= 0.3 is 6.09 Å². The van der Waals surface area contributed by atoms with Crippen molar-refractivity contribution in [3.05, 3.63) is 23.9 Å². The number of aldehydes is 1. The molecule has 0 unspecified atom stereocenters. The van der Waals surface area contributed by atoms with Crippen LogP contribution < -0.4 is 4.90 Å². The normalized spacial score (nSPS) is 9.50. The second-order valence-electron chi connectivity index (χ2n) is 2.56. The molecule has 1 aromatic heterocycles. The topological polar surface area (TPSA) is 70.5 Å². The fraction of sp³-hybridized carbons (Fsp3) is 0.222. The molecular formula is C9H10N2O3. The summed E-state index contributed by atoms with van der Waals surface area (Å²) in [6.07, 6.45) is 0.927. The first kappa shape index (κ1) is 10.2. The largest absolute Gasteiger partial charge is 0.465 e. The van der Waals surface area contributed by atoms with Crippen LogP contribution in [0.5, 0.6) is 0 Å². The predicted octanol–water partition coefficient (Wildman–Crippen LogP) is 1.40. The second-order valence-corrected chi connectivity index (χ2v) is 2.56. The summed E-state index contributed by atoms with van der Waals surface area (Å²) in [5.74, 6) is 0.178. The van der Waals surface area contributed by atoms with Crippen LogP contribution in [0.2, 0.25) is 0 Å². The lowest BCUT2D eigenvalue weighted by atomic mass is 10.2. The zero-order valence-corrected chi connectivity index (χ0v) is 7.67. The molecule has 0 radical (unpaired) electrons. The number of aromatic nitrogens is 1. The standard InChI is InChI=1S/C9H10N2O3/c1-2-11(9(13)14)8-7(6-12)4-3-5-10-8/h3-6H,2H2,1H3,(H,13,14). The van der Waals surface area contributed by atoms with E-state index in [0.29, 0.717) is 6.29 Å². The average molecular weight is 194 g/mol. The number of carboxylic acid groups (broad SMARTS) is 1. The van der Waals surface area contributed by atoms with Gasteiger partial charge in [-0.15, -0.1) is 0 Å². The number of hydrogen-bond acceptors (Lipinski definition) is 3. The average Bonchev–Trinajstić information content (AvgIpc) is 2.19. The van der Waals surface area contributed by atoms with Gasteiger partial charge in [-0.2, -0.15) is 0 Å². The molecule has 0 atom stereocenters. The van der Waals surface area contributed by atoms with Crippen LogP contribution in [-0.4, -0.2) is 29.0 Å². The van der Waals surface area contributed by atoms with Crippen LogP contribution in [0.1, 0.15) is 17.3 Å². The van der Waals surface area contributed by atoms with Crippen LogP contribution in [0, 0.1) is 0 Å². The molecule has 0 saturated carbocycles. The third-order valence-corrected chi connectivity index (χ3v) is 1.75. The Morgan fingerprint density at radius 3 is 2.93 bits per heavy atom. The Hall–Kier alpha value is -1.91. The molecule has 5 heteroatoms. The summed E-state index contributed by atoms with van der Waals surface area (Å²) in [6, 6.07) is 3.11. The molecule has 0 aliphatic carbocycles. The van der Waals surface area contributed by atoms with Gasteiger partial charge in [0.15, 0.2) is 6.29 Å². The van der Waals surface area contributed by atoms with Gasteiger partial charge in [0.25, 0.3) is 0 Å². The highest BCUT2D eigenvalue weighted by atomic mass is 16.4. The highest BCUT2D eigenvalue weighted by Crippen LogP contribution is 2.14. The molecule has 1 aromatic rings. The van der Waals surface area contributed by atoms with E-state index in [1.807, 2.05) is 0 Å². The van der Waals surface area contributed by atoms with Crippen LogP contribution in [0.15, 0.2) is 18.3 Å². The van der Waals surface area contributed by atoms with Crippen LogP contribution in [0.4, 0.5) is 10.6 Å². The van der Waals surface area contributed by atoms with Crippen LogP contribution in [0.3, 0.4) is 0 Å². The van der Waals surface area contributed by atoms with Crippen LogP contribution in [0.25, 0.3) is 0 Å². The fourth-order valence-corrected chi connectivity index (χ4v) is 1.10. The van der Waals surface area contributed by atoms with Gasteiger partial charge in [0, 0.05) is 12.7 Å². The molecule has 0 bridgehead atoms. The Labute approximate surface area is 81.0 Å². The Morgan fingerprint density at radius 2 is 2.43 bits per heavy atom. The van der Waals surface area contributed by atoms with Gasteiger partial charge in [0.1, 0.15) is 5.82 Å². The lowest BCUT2D eigenvalue weighted by molar-refractivity contribution is 0.112. The first-order valence-electron chi connectivity index (χ1n) is 4.11. The van der Waals surface area contributed by atoms with E-state index < -0.39 is 6.09 Å². The first-order valence-corrected chi connectivity index (χ1v) is 4.11. The highest BCUT2D eigenvalue weighted by Gasteiger charge is 2.16. The van der Waals surface area contributed by atoms with Crippen LogP contribution >= 0.6 is 0 Å². The maximum atomic E-state index is 10.8. The lowest BCUT2D eigenvalue weighted by Crippen LogP contribution is -2.30. The molecule has 0 spiro atoms. The van der Waals surface area contributed by atoms with E-state index in [-0.39, 0.29) is 17.9 Å². The lowest BCUT2D eigenvalue weighted by Gasteiger charge is -2.16. The molecule has 0 saturated heterocycles. The van der Waals surface area contributed by atoms with Crippen molar-refractivity contribution in [3.8, 4) is 0 Å². The molecule has 1 amide bonds. The van der Waals surface area contributed by atoms with E-state index in [1.165, 1.54) is 12.3 Å². The smallest absolute Gasteiger partial charge is 0.413 e. The minimum atomic E-state index is -1.12. The Kier molecular flexibility index (Phi) is 3.17. The van der Waals surface area contributed by atoms with Gasteiger partial charge in [0.2, 0.25) is 0 Å². The van der Waals surface area contributed by atoms with E-state index in [1.54, 1.807) is 13.0 Å². The molecule has 1 N–H and O–H groups in total. The molecule has 0 aliphatic heterocycles. The zero-order valence-electron chi connectivity index (χ0n) is 7.67. The van der Waals surface area contributed by atoms with E-state index in [2.05, 4.69) is 4.98 Å². The van der Waals surface area contributed by atoms with Gasteiger partial charge in [-0.25, -0.2) is 9.78 Å². The monoisotopic (exact) mass is 194 g/mol. The summed E-state index contributed by atoms with van der Waals surface area (Å²) in [4.78, 5) is 26.3. The molecular weight excluding hydrogens is 184 g/mol. The first-order chi connectivity index (χ1) is 6.70. The van der Waals surface area contributed by atoms with Gasteiger partial charge < -0.3 is 5.11 Å². The van der Waals surface area contributed by atoms with Gasteiger partial charge in [-0.05, 0) is 19.1 Å². The van der Waals surface area contributed by atoms with Gasteiger partial charge in [0.05, 0.1) is 5.56 Å². The van der Waals surface area contributed by atoms with Crippen molar-refractivity contribution in [2.45, 2.75) is 6.92 Å². The number of pyridine rings is 1. The minimum absolute atomic E-state index is 0.178. The number of anilines is 1. The Bertz CT molecular complexity index is 352. The molecule has 0 aromatic carbocycles. The van der Waals surface area contributed by atoms with Crippen molar-refractivity contribution < 1.29 is 14.7 Å². The van der Waals surface area contributed by atoms with Crippen molar-refractivity contribution in [2.24, 2.45) is 0 Å². The minimum Gasteiger partial charge on any atom is -0.465 e. The maximum Gasteiger partial charge on any atom is 0.413 e. The molecule has 0 aliphatic rings. The van der Waals surface area contributed by atoms with Crippen molar-refractivity contribution >= 4 is 18.2 Å². The number of nitrogens with zero attached hydrogens (tertiary/aromatic N) is 2. The predicted molar refractivity (Wildman–Crippen MR) is 50.7 cm³/mol. The summed E-state index contributed by atoms with van der Waals surface area (Å²) in [6.45, 7) is 1.94. The zero-order chi connectivity index (χ0) is 10.6. The number of carbonyl (C=O) groups is 2. The van der Waals surface area contributed by atoms with Crippen LogP contribution in [-0.2, 0) is 0 Å². The number of carbonyl (C=O) groups excluding carboxylic acids is 1. The summed E-state index contributed by atoms with van der Waals surface area (Å²) < 4.78 is 0. The molecule has 14 heavy (non-hydrogen) atoms. The van der Waals surface area contributed by atoms with E-state index in [0.717, 1.165) is 4.90 Å². The quantitative estimate of drug-likeness (QED) is 0.738. The summed E-state index contributed by atoms with van der Waals surface area (Å²) in [5.41, 5.74) is 0.275. The van der Waals surface area contributed by atoms with E-state index in [9.17, 15) is 9.59 Å². The Balaban J connectivity index is 3.15. The van der Waals surface area contributed by atoms with Crippen molar-refractivity contribution in [1.29, 1.82) is 0 Å². The third-order valence-electron chi connectivity index (χ3n) is 1.75. The van der Waals surface area contributed by atoms with Crippen molar-refractivity contribution in [3.63, 3.8) is 0 Å². The molecule has 0 fully saturated rings.